The lowest BCUT2D eigenvalue weighted by Crippen LogP contribution is -2.15. The van der Waals surface area contributed by atoms with Crippen molar-refractivity contribution >= 4 is 27.3 Å². The van der Waals surface area contributed by atoms with Crippen molar-refractivity contribution in [3.05, 3.63) is 20.8 Å². The molecule has 1 rings (SSSR count). The van der Waals surface area contributed by atoms with E-state index < -0.39 is 0 Å². The van der Waals surface area contributed by atoms with Crippen LogP contribution < -0.4 is 5.73 Å². The standard InChI is InChI=1S/C9H14BrNS/c1-2-7(6-11)5-8-3-4-9(10)12-8/h3-4,7H,2,5-6,11H2,1H3. The molecule has 68 valence electrons. The van der Waals surface area contributed by atoms with Crippen LogP contribution in [0.3, 0.4) is 0 Å². The van der Waals surface area contributed by atoms with Crippen molar-refractivity contribution in [2.24, 2.45) is 11.7 Å². The molecule has 1 aromatic heterocycles. The SMILES string of the molecule is CCC(CN)Cc1ccc(Br)s1. The summed E-state index contributed by atoms with van der Waals surface area (Å²) in [5.74, 6) is 0.649. The first-order chi connectivity index (χ1) is 5.76. The van der Waals surface area contributed by atoms with Crippen LogP contribution in [0.25, 0.3) is 0 Å². The molecule has 0 saturated carbocycles. The fourth-order valence-corrected chi connectivity index (χ4v) is 2.74. The van der Waals surface area contributed by atoms with E-state index in [4.69, 9.17) is 5.73 Å². The van der Waals surface area contributed by atoms with Crippen LogP contribution in [-0.2, 0) is 6.42 Å². The molecule has 1 unspecified atom stereocenters. The zero-order chi connectivity index (χ0) is 8.97. The van der Waals surface area contributed by atoms with Crippen molar-refractivity contribution < 1.29 is 0 Å². The molecule has 1 nitrogen and oxygen atoms in total. The van der Waals surface area contributed by atoms with Crippen LogP contribution in [-0.4, -0.2) is 6.54 Å². The summed E-state index contributed by atoms with van der Waals surface area (Å²) >= 11 is 5.26. The van der Waals surface area contributed by atoms with E-state index in [9.17, 15) is 0 Å². The predicted octanol–water partition coefficient (Wildman–Crippen LogP) is 3.04. The lowest BCUT2D eigenvalue weighted by Gasteiger charge is -2.09. The van der Waals surface area contributed by atoms with E-state index in [0.717, 1.165) is 13.0 Å². The van der Waals surface area contributed by atoms with Crippen LogP contribution in [0, 0.1) is 5.92 Å². The maximum atomic E-state index is 5.63. The Kier molecular flexibility index (Phi) is 4.26. The molecule has 0 aliphatic carbocycles. The van der Waals surface area contributed by atoms with Gasteiger partial charge in [0.2, 0.25) is 0 Å². The Morgan fingerprint density at radius 1 is 1.58 bits per heavy atom. The largest absolute Gasteiger partial charge is 0.330 e. The van der Waals surface area contributed by atoms with Gasteiger partial charge in [0.05, 0.1) is 3.79 Å². The molecule has 0 spiro atoms. The maximum absolute atomic E-state index is 5.63. The molecule has 0 amide bonds. The first kappa shape index (κ1) is 10.2. The quantitative estimate of drug-likeness (QED) is 0.870. The molecule has 0 aromatic carbocycles. The maximum Gasteiger partial charge on any atom is 0.0701 e. The van der Waals surface area contributed by atoms with E-state index in [2.05, 4.69) is 35.0 Å². The zero-order valence-corrected chi connectivity index (χ0v) is 9.62. The van der Waals surface area contributed by atoms with E-state index in [1.165, 1.54) is 15.1 Å². The van der Waals surface area contributed by atoms with Gasteiger partial charge in [0, 0.05) is 4.88 Å². The molecular formula is C9H14BrNS. The highest BCUT2D eigenvalue weighted by atomic mass is 79.9. The summed E-state index contributed by atoms with van der Waals surface area (Å²) in [5, 5.41) is 0. The number of hydrogen-bond donors (Lipinski definition) is 1. The van der Waals surface area contributed by atoms with Crippen molar-refractivity contribution in [3.63, 3.8) is 0 Å². The van der Waals surface area contributed by atoms with E-state index in [-0.39, 0.29) is 0 Å². The molecule has 0 fully saturated rings. The van der Waals surface area contributed by atoms with Crippen molar-refractivity contribution in [1.29, 1.82) is 0 Å². The molecule has 0 saturated heterocycles. The van der Waals surface area contributed by atoms with E-state index in [1.807, 2.05) is 11.3 Å². The first-order valence-electron chi connectivity index (χ1n) is 4.20. The smallest absolute Gasteiger partial charge is 0.0701 e. The van der Waals surface area contributed by atoms with Gasteiger partial charge in [0.15, 0.2) is 0 Å². The number of nitrogens with two attached hydrogens (primary N) is 1. The zero-order valence-electron chi connectivity index (χ0n) is 7.22. The van der Waals surface area contributed by atoms with Gasteiger partial charge in [-0.2, -0.15) is 0 Å². The minimum atomic E-state index is 0.649. The molecule has 3 heteroatoms. The van der Waals surface area contributed by atoms with Crippen molar-refractivity contribution in [1.82, 2.24) is 0 Å². The number of thiophene rings is 1. The van der Waals surface area contributed by atoms with Gasteiger partial charge in [-0.15, -0.1) is 11.3 Å². The van der Waals surface area contributed by atoms with Gasteiger partial charge in [-0.3, -0.25) is 0 Å². The van der Waals surface area contributed by atoms with Crippen molar-refractivity contribution in [2.45, 2.75) is 19.8 Å². The van der Waals surface area contributed by atoms with Crippen LogP contribution in [0.4, 0.5) is 0 Å². The summed E-state index contributed by atoms with van der Waals surface area (Å²) < 4.78 is 1.21. The van der Waals surface area contributed by atoms with Gasteiger partial charge in [0.1, 0.15) is 0 Å². The average molecular weight is 248 g/mol. The summed E-state index contributed by atoms with van der Waals surface area (Å²) in [5.41, 5.74) is 5.63. The fraction of sp³-hybridized carbons (Fsp3) is 0.556. The lowest BCUT2D eigenvalue weighted by molar-refractivity contribution is 0.522. The molecule has 2 N–H and O–H groups in total. The molecule has 12 heavy (non-hydrogen) atoms. The Morgan fingerprint density at radius 2 is 2.33 bits per heavy atom. The molecular weight excluding hydrogens is 234 g/mol. The highest BCUT2D eigenvalue weighted by Crippen LogP contribution is 2.24. The third-order valence-electron chi connectivity index (χ3n) is 2.03. The van der Waals surface area contributed by atoms with Gasteiger partial charge >= 0.3 is 0 Å². The molecule has 1 heterocycles. The first-order valence-corrected chi connectivity index (χ1v) is 5.81. The second kappa shape index (κ2) is 5.00. The Bertz CT molecular complexity index is 230. The van der Waals surface area contributed by atoms with Gasteiger partial charge in [0.25, 0.3) is 0 Å². The van der Waals surface area contributed by atoms with Gasteiger partial charge in [-0.25, -0.2) is 0 Å². The topological polar surface area (TPSA) is 26.0 Å². The summed E-state index contributed by atoms with van der Waals surface area (Å²) in [4.78, 5) is 1.43. The summed E-state index contributed by atoms with van der Waals surface area (Å²) in [6.45, 7) is 2.99. The molecule has 1 atom stereocenters. The second-order valence-electron chi connectivity index (χ2n) is 2.92. The Morgan fingerprint density at radius 3 is 2.75 bits per heavy atom. The highest BCUT2D eigenvalue weighted by Gasteiger charge is 2.06. The van der Waals surface area contributed by atoms with E-state index in [0.29, 0.717) is 5.92 Å². The Labute approximate surface area is 86.1 Å². The Balaban J connectivity index is 2.50. The average Bonchev–Trinajstić information content (AvgIpc) is 2.47. The van der Waals surface area contributed by atoms with Crippen LogP contribution in [0.15, 0.2) is 15.9 Å². The number of rotatable bonds is 4. The monoisotopic (exact) mass is 247 g/mol. The molecule has 1 aromatic rings. The third-order valence-corrected chi connectivity index (χ3v) is 3.68. The molecule has 0 radical (unpaired) electrons. The van der Waals surface area contributed by atoms with Crippen LogP contribution >= 0.6 is 27.3 Å². The van der Waals surface area contributed by atoms with Crippen LogP contribution in [0.1, 0.15) is 18.2 Å². The normalized spacial score (nSPS) is 13.2. The molecule has 0 bridgehead atoms. The van der Waals surface area contributed by atoms with Crippen LogP contribution in [0.5, 0.6) is 0 Å². The Hall–Kier alpha value is 0.140. The highest BCUT2D eigenvalue weighted by molar-refractivity contribution is 9.11. The molecule has 0 aliphatic rings. The minimum absolute atomic E-state index is 0.649. The second-order valence-corrected chi connectivity index (χ2v) is 5.47. The number of halogens is 1. The summed E-state index contributed by atoms with van der Waals surface area (Å²) in [6.07, 6.45) is 2.30. The summed E-state index contributed by atoms with van der Waals surface area (Å²) in [7, 11) is 0. The number of hydrogen-bond acceptors (Lipinski definition) is 2. The summed E-state index contributed by atoms with van der Waals surface area (Å²) in [6, 6.07) is 4.27. The van der Waals surface area contributed by atoms with E-state index >= 15 is 0 Å². The lowest BCUT2D eigenvalue weighted by atomic mass is 10.0. The third kappa shape index (κ3) is 2.88. The minimum Gasteiger partial charge on any atom is -0.330 e. The predicted molar refractivity (Wildman–Crippen MR) is 58.6 cm³/mol. The van der Waals surface area contributed by atoms with Crippen molar-refractivity contribution in [2.75, 3.05) is 6.54 Å². The van der Waals surface area contributed by atoms with Crippen LogP contribution in [0.2, 0.25) is 0 Å². The van der Waals surface area contributed by atoms with Gasteiger partial charge < -0.3 is 5.73 Å². The van der Waals surface area contributed by atoms with Gasteiger partial charge in [-0.05, 0) is 46.9 Å². The van der Waals surface area contributed by atoms with Gasteiger partial charge in [-0.1, -0.05) is 13.3 Å². The van der Waals surface area contributed by atoms with E-state index in [1.54, 1.807) is 0 Å². The van der Waals surface area contributed by atoms with Crippen molar-refractivity contribution in [3.8, 4) is 0 Å². The fourth-order valence-electron chi connectivity index (χ4n) is 1.14. The molecule has 0 aliphatic heterocycles.